The fourth-order valence-corrected chi connectivity index (χ4v) is 4.07. The van der Waals surface area contributed by atoms with Gasteiger partial charge in [-0.1, -0.05) is 18.7 Å². The molecule has 1 aromatic rings. The minimum Gasteiger partial charge on any atom is -0.343 e. The van der Waals surface area contributed by atoms with E-state index in [1.807, 2.05) is 4.90 Å². The van der Waals surface area contributed by atoms with E-state index in [0.29, 0.717) is 17.9 Å². The molecule has 1 amide bonds. The highest BCUT2D eigenvalue weighted by molar-refractivity contribution is 7.99. The van der Waals surface area contributed by atoms with E-state index in [0.717, 1.165) is 36.8 Å². The van der Waals surface area contributed by atoms with Gasteiger partial charge in [0.15, 0.2) is 5.16 Å². The Morgan fingerprint density at radius 3 is 2.86 bits per heavy atom. The topological polar surface area (TPSA) is 55.2 Å². The quantitative estimate of drug-likeness (QED) is 0.783. The molecule has 0 spiro atoms. The Kier molecular flexibility index (Phi) is 4.06. The Bertz CT molecular complexity index is 605. The molecule has 0 N–H and O–H groups in total. The van der Waals surface area contributed by atoms with Gasteiger partial charge >= 0.3 is 0 Å². The summed E-state index contributed by atoms with van der Waals surface area (Å²) >= 11 is 1.57. The molecule has 2 aliphatic heterocycles. The summed E-state index contributed by atoms with van der Waals surface area (Å²) in [4.78, 5) is 31.0. The van der Waals surface area contributed by atoms with E-state index in [1.54, 1.807) is 29.4 Å². The molecular formula is C15H21N3O2S. The number of nitrogens with zero attached hydrogens (tertiary/aromatic N) is 3. The standard InChI is InChI=1S/C15H21N3O2S/c1-10-3-5-17(6-4-10)13(19)7-12-9-21-15-16-8-11(2)14(20)18(12)15/h8,10,12H,3-7,9H2,1-2H3/t12-/m1/s1. The van der Waals surface area contributed by atoms with Crippen LogP contribution in [-0.4, -0.2) is 39.2 Å². The van der Waals surface area contributed by atoms with Crippen molar-refractivity contribution in [3.05, 3.63) is 22.1 Å². The lowest BCUT2D eigenvalue weighted by atomic mass is 9.99. The first-order valence-corrected chi connectivity index (χ1v) is 8.53. The maximum atomic E-state index is 12.4. The molecule has 6 heteroatoms. The molecule has 3 heterocycles. The van der Waals surface area contributed by atoms with Crippen LogP contribution in [0.2, 0.25) is 0 Å². The first kappa shape index (κ1) is 14.6. The molecule has 0 saturated carbocycles. The maximum absolute atomic E-state index is 12.4. The molecule has 21 heavy (non-hydrogen) atoms. The summed E-state index contributed by atoms with van der Waals surface area (Å²) in [5.41, 5.74) is 0.639. The fraction of sp³-hybridized carbons (Fsp3) is 0.667. The van der Waals surface area contributed by atoms with Gasteiger partial charge in [0, 0.05) is 37.0 Å². The zero-order chi connectivity index (χ0) is 15.0. The number of fused-ring (bicyclic) bond motifs is 1. The number of amides is 1. The summed E-state index contributed by atoms with van der Waals surface area (Å²) in [6.07, 6.45) is 4.21. The molecule has 0 aliphatic carbocycles. The first-order valence-electron chi connectivity index (χ1n) is 7.55. The molecule has 0 unspecified atom stereocenters. The minimum atomic E-state index is -0.0447. The van der Waals surface area contributed by atoms with E-state index in [1.165, 1.54) is 0 Å². The van der Waals surface area contributed by atoms with E-state index in [-0.39, 0.29) is 17.5 Å². The van der Waals surface area contributed by atoms with Gasteiger partial charge < -0.3 is 4.90 Å². The number of carbonyl (C=O) groups is 1. The number of aromatic nitrogens is 2. The Hall–Kier alpha value is -1.30. The number of rotatable bonds is 2. The average molecular weight is 307 g/mol. The van der Waals surface area contributed by atoms with Crippen molar-refractivity contribution >= 4 is 17.7 Å². The lowest BCUT2D eigenvalue weighted by Gasteiger charge is -2.31. The van der Waals surface area contributed by atoms with Crippen LogP contribution in [0.4, 0.5) is 0 Å². The molecule has 5 nitrogen and oxygen atoms in total. The number of likely N-dealkylation sites (tertiary alicyclic amines) is 1. The van der Waals surface area contributed by atoms with E-state index in [2.05, 4.69) is 11.9 Å². The van der Waals surface area contributed by atoms with Gasteiger partial charge in [0.05, 0.1) is 6.04 Å². The Morgan fingerprint density at radius 2 is 2.14 bits per heavy atom. The summed E-state index contributed by atoms with van der Waals surface area (Å²) in [6.45, 7) is 5.72. The lowest BCUT2D eigenvalue weighted by molar-refractivity contribution is -0.133. The van der Waals surface area contributed by atoms with Gasteiger partial charge in [0.2, 0.25) is 5.91 Å². The summed E-state index contributed by atoms with van der Waals surface area (Å²) in [7, 11) is 0. The van der Waals surface area contributed by atoms with Gasteiger partial charge in [-0.25, -0.2) is 4.98 Å². The number of thioether (sulfide) groups is 1. The summed E-state index contributed by atoms with van der Waals surface area (Å²) in [5.74, 6) is 1.65. The second-order valence-corrected chi connectivity index (χ2v) is 7.12. The van der Waals surface area contributed by atoms with Crippen LogP contribution in [0.25, 0.3) is 0 Å². The molecule has 0 aromatic carbocycles. The molecule has 1 fully saturated rings. The predicted octanol–water partition coefficient (Wildman–Crippen LogP) is 1.85. The molecule has 3 rings (SSSR count). The molecule has 1 aromatic heterocycles. The van der Waals surface area contributed by atoms with E-state index in [9.17, 15) is 9.59 Å². The van der Waals surface area contributed by atoms with Crippen molar-refractivity contribution in [1.29, 1.82) is 0 Å². The molecule has 1 saturated heterocycles. The average Bonchev–Trinajstić information content (AvgIpc) is 2.87. The van der Waals surface area contributed by atoms with Crippen LogP contribution >= 0.6 is 11.8 Å². The van der Waals surface area contributed by atoms with Crippen LogP contribution in [0.1, 0.15) is 37.8 Å². The number of aryl methyl sites for hydroxylation is 1. The minimum absolute atomic E-state index is 0.00457. The zero-order valence-electron chi connectivity index (χ0n) is 12.5. The normalized spacial score (nSPS) is 22.4. The van der Waals surface area contributed by atoms with Crippen molar-refractivity contribution in [2.45, 2.75) is 44.3 Å². The Balaban J connectivity index is 1.72. The van der Waals surface area contributed by atoms with Gasteiger partial charge in [-0.2, -0.15) is 0 Å². The zero-order valence-corrected chi connectivity index (χ0v) is 13.4. The highest BCUT2D eigenvalue weighted by atomic mass is 32.2. The van der Waals surface area contributed by atoms with E-state index >= 15 is 0 Å². The SMILES string of the molecule is Cc1cnc2n(c1=O)[C@H](CC(=O)N1CCC(C)CC1)CS2. The van der Waals surface area contributed by atoms with Crippen molar-refractivity contribution in [3.8, 4) is 0 Å². The highest BCUT2D eigenvalue weighted by Crippen LogP contribution is 2.32. The smallest absolute Gasteiger partial charge is 0.257 e. The number of hydrogen-bond donors (Lipinski definition) is 0. The number of piperidine rings is 1. The summed E-state index contributed by atoms with van der Waals surface area (Å²) < 4.78 is 1.71. The maximum Gasteiger partial charge on any atom is 0.257 e. The lowest BCUT2D eigenvalue weighted by Crippen LogP contribution is -2.39. The Labute approximate surface area is 128 Å². The summed E-state index contributed by atoms with van der Waals surface area (Å²) in [5, 5.41) is 0.746. The monoisotopic (exact) mass is 307 g/mol. The summed E-state index contributed by atoms with van der Waals surface area (Å²) in [6, 6.07) is -0.0447. The third-order valence-corrected chi connectivity index (χ3v) is 5.56. The largest absolute Gasteiger partial charge is 0.343 e. The molecule has 2 aliphatic rings. The van der Waals surface area contributed by atoms with E-state index < -0.39 is 0 Å². The third-order valence-electron chi connectivity index (χ3n) is 4.45. The van der Waals surface area contributed by atoms with Gasteiger partial charge in [0.1, 0.15) is 0 Å². The third kappa shape index (κ3) is 2.86. The van der Waals surface area contributed by atoms with Gasteiger partial charge in [-0.15, -0.1) is 0 Å². The van der Waals surface area contributed by atoms with Gasteiger partial charge in [-0.05, 0) is 25.7 Å². The number of hydrogen-bond acceptors (Lipinski definition) is 4. The molecular weight excluding hydrogens is 286 g/mol. The van der Waals surface area contributed by atoms with Crippen molar-refractivity contribution in [2.24, 2.45) is 5.92 Å². The van der Waals surface area contributed by atoms with Crippen LogP contribution in [0.3, 0.4) is 0 Å². The molecule has 114 valence electrons. The second kappa shape index (κ2) is 5.83. The van der Waals surface area contributed by atoms with Crippen LogP contribution in [0.5, 0.6) is 0 Å². The Morgan fingerprint density at radius 1 is 1.43 bits per heavy atom. The van der Waals surface area contributed by atoms with Gasteiger partial charge in [-0.3, -0.25) is 14.2 Å². The van der Waals surface area contributed by atoms with Crippen molar-refractivity contribution < 1.29 is 4.79 Å². The highest BCUT2D eigenvalue weighted by Gasteiger charge is 2.30. The van der Waals surface area contributed by atoms with E-state index in [4.69, 9.17) is 0 Å². The van der Waals surface area contributed by atoms with Crippen LogP contribution in [0, 0.1) is 12.8 Å². The molecule has 0 radical (unpaired) electrons. The number of carbonyl (C=O) groups excluding carboxylic acids is 1. The molecule has 1 atom stereocenters. The van der Waals surface area contributed by atoms with Crippen LogP contribution < -0.4 is 5.56 Å². The predicted molar refractivity (Wildman–Crippen MR) is 82.6 cm³/mol. The van der Waals surface area contributed by atoms with Crippen molar-refractivity contribution in [1.82, 2.24) is 14.5 Å². The van der Waals surface area contributed by atoms with Crippen molar-refractivity contribution in [2.75, 3.05) is 18.8 Å². The van der Waals surface area contributed by atoms with Crippen molar-refractivity contribution in [3.63, 3.8) is 0 Å². The van der Waals surface area contributed by atoms with Crippen LogP contribution in [0.15, 0.2) is 16.1 Å². The molecule has 0 bridgehead atoms. The second-order valence-electron chi connectivity index (χ2n) is 6.13. The van der Waals surface area contributed by atoms with Crippen LogP contribution in [-0.2, 0) is 4.79 Å². The first-order chi connectivity index (χ1) is 10.1. The fourth-order valence-electron chi connectivity index (χ4n) is 2.96. The van der Waals surface area contributed by atoms with Gasteiger partial charge in [0.25, 0.3) is 5.56 Å².